The zero-order valence-electron chi connectivity index (χ0n) is 18.8. The van der Waals surface area contributed by atoms with Gasteiger partial charge in [-0.1, -0.05) is 63.2 Å². The van der Waals surface area contributed by atoms with Crippen LogP contribution in [0, 0.1) is 0 Å². The molecule has 0 bridgehead atoms. The summed E-state index contributed by atoms with van der Waals surface area (Å²) in [6.07, 6.45) is 1.73. The highest BCUT2D eigenvalue weighted by Gasteiger charge is 2.38. The smallest absolute Gasteiger partial charge is 0.250 e. The summed E-state index contributed by atoms with van der Waals surface area (Å²) in [5.74, 6) is 1.33. The van der Waals surface area contributed by atoms with Crippen LogP contribution in [-0.4, -0.2) is 18.3 Å². The molecule has 4 nitrogen and oxygen atoms in total. The summed E-state index contributed by atoms with van der Waals surface area (Å²) in [5.41, 5.74) is 9.70. The average Bonchev–Trinajstić information content (AvgIpc) is 2.73. The quantitative estimate of drug-likeness (QED) is 0.359. The summed E-state index contributed by atoms with van der Waals surface area (Å²) in [6, 6.07) is 22.5. The van der Waals surface area contributed by atoms with E-state index in [1.54, 1.807) is 6.20 Å². The highest BCUT2D eigenvalue weighted by molar-refractivity contribution is 6.74. The van der Waals surface area contributed by atoms with Crippen LogP contribution in [0.4, 0.5) is 5.82 Å². The van der Waals surface area contributed by atoms with Gasteiger partial charge in [0, 0.05) is 11.1 Å². The minimum absolute atomic E-state index is 0.154. The Kier molecular flexibility index (Phi) is 5.31. The van der Waals surface area contributed by atoms with Crippen LogP contribution in [0.1, 0.15) is 20.8 Å². The lowest BCUT2D eigenvalue weighted by atomic mass is 10.0. The van der Waals surface area contributed by atoms with E-state index in [-0.39, 0.29) is 5.04 Å². The number of hydrogen-bond donors (Lipinski definition) is 1. The third-order valence-electron chi connectivity index (χ3n) is 6.17. The molecule has 5 heteroatoms. The molecule has 0 aliphatic rings. The standard InChI is InChI=1S/C26H29N3OSi/c1-26(2,3)31(4,5)30-20-15-13-19(14-16-20)23-17-28-25(27)24(29-23)22-12-8-10-18-9-6-7-11-21(18)22/h6-17H,1-5H3,(H2,27,28). The average molecular weight is 428 g/mol. The molecule has 1 heterocycles. The number of nitrogen functional groups attached to an aromatic ring is 1. The summed E-state index contributed by atoms with van der Waals surface area (Å²) in [5, 5.41) is 2.42. The van der Waals surface area contributed by atoms with Crippen LogP contribution in [0.3, 0.4) is 0 Å². The molecule has 0 saturated heterocycles. The van der Waals surface area contributed by atoms with E-state index in [0.717, 1.165) is 33.3 Å². The molecular weight excluding hydrogens is 398 g/mol. The molecule has 0 spiro atoms. The molecule has 3 aromatic carbocycles. The number of nitrogens with zero attached hydrogens (tertiary/aromatic N) is 2. The summed E-state index contributed by atoms with van der Waals surface area (Å²) in [7, 11) is -1.87. The molecule has 0 aliphatic heterocycles. The predicted molar refractivity (Wildman–Crippen MR) is 133 cm³/mol. The molecular formula is C26H29N3OSi. The van der Waals surface area contributed by atoms with E-state index < -0.39 is 8.32 Å². The van der Waals surface area contributed by atoms with Gasteiger partial charge in [-0.2, -0.15) is 0 Å². The monoisotopic (exact) mass is 427 g/mol. The lowest BCUT2D eigenvalue weighted by Gasteiger charge is -2.36. The van der Waals surface area contributed by atoms with Gasteiger partial charge in [-0.05, 0) is 53.2 Å². The van der Waals surface area contributed by atoms with Crippen LogP contribution in [0.15, 0.2) is 72.9 Å². The highest BCUT2D eigenvalue weighted by Crippen LogP contribution is 2.38. The first-order chi connectivity index (χ1) is 14.7. The van der Waals surface area contributed by atoms with Crippen molar-refractivity contribution in [2.24, 2.45) is 0 Å². The number of rotatable bonds is 4. The van der Waals surface area contributed by atoms with Gasteiger partial charge in [0.1, 0.15) is 17.3 Å². The second-order valence-electron chi connectivity index (χ2n) is 9.40. The fourth-order valence-corrected chi connectivity index (χ4v) is 4.34. The topological polar surface area (TPSA) is 61.0 Å². The minimum atomic E-state index is -1.87. The van der Waals surface area contributed by atoms with Crippen LogP contribution in [0.2, 0.25) is 18.1 Å². The Bertz CT molecular complexity index is 1220. The van der Waals surface area contributed by atoms with Crippen molar-refractivity contribution in [1.29, 1.82) is 0 Å². The van der Waals surface area contributed by atoms with E-state index in [1.807, 2.05) is 48.5 Å². The molecule has 0 unspecified atom stereocenters. The summed E-state index contributed by atoms with van der Waals surface area (Å²) >= 11 is 0. The Hall–Kier alpha value is -3.18. The third kappa shape index (κ3) is 4.19. The van der Waals surface area contributed by atoms with Crippen LogP contribution < -0.4 is 10.2 Å². The molecule has 2 N–H and O–H groups in total. The van der Waals surface area contributed by atoms with E-state index >= 15 is 0 Å². The molecule has 0 saturated carbocycles. The van der Waals surface area contributed by atoms with Crippen molar-refractivity contribution < 1.29 is 4.43 Å². The number of fused-ring (bicyclic) bond motifs is 1. The van der Waals surface area contributed by atoms with Gasteiger partial charge in [0.15, 0.2) is 0 Å². The number of anilines is 1. The number of nitrogens with two attached hydrogens (primary N) is 1. The van der Waals surface area contributed by atoms with Crippen molar-refractivity contribution in [3.05, 3.63) is 72.9 Å². The fourth-order valence-electron chi connectivity index (χ4n) is 3.31. The zero-order chi connectivity index (χ0) is 22.2. The fraction of sp³-hybridized carbons (Fsp3) is 0.231. The Morgan fingerprint density at radius 3 is 2.26 bits per heavy atom. The van der Waals surface area contributed by atoms with E-state index in [2.05, 4.69) is 57.0 Å². The van der Waals surface area contributed by atoms with Gasteiger partial charge in [0.2, 0.25) is 8.32 Å². The molecule has 0 radical (unpaired) electrons. The molecule has 0 aliphatic carbocycles. The molecule has 1 aromatic heterocycles. The molecule has 31 heavy (non-hydrogen) atoms. The first kappa shape index (κ1) is 21.1. The maximum absolute atomic E-state index is 6.40. The van der Waals surface area contributed by atoms with Gasteiger partial charge in [-0.15, -0.1) is 0 Å². The molecule has 4 rings (SSSR count). The van der Waals surface area contributed by atoms with E-state index in [9.17, 15) is 0 Å². The number of aromatic nitrogens is 2. The Balaban J connectivity index is 1.69. The summed E-state index contributed by atoms with van der Waals surface area (Å²) < 4.78 is 6.40. The molecule has 0 fully saturated rings. The van der Waals surface area contributed by atoms with E-state index in [1.165, 1.54) is 0 Å². The van der Waals surface area contributed by atoms with Crippen LogP contribution >= 0.6 is 0 Å². The lowest BCUT2D eigenvalue weighted by Crippen LogP contribution is -2.43. The number of benzene rings is 3. The van der Waals surface area contributed by atoms with Crippen LogP contribution in [0.25, 0.3) is 33.3 Å². The van der Waals surface area contributed by atoms with Crippen molar-refractivity contribution >= 4 is 24.9 Å². The van der Waals surface area contributed by atoms with Gasteiger partial charge in [-0.3, -0.25) is 0 Å². The number of hydrogen-bond acceptors (Lipinski definition) is 4. The molecule has 0 amide bonds. The van der Waals surface area contributed by atoms with Crippen LogP contribution in [0.5, 0.6) is 5.75 Å². The maximum atomic E-state index is 6.40. The lowest BCUT2D eigenvalue weighted by molar-refractivity contribution is 0.492. The van der Waals surface area contributed by atoms with Crippen molar-refractivity contribution in [2.45, 2.75) is 38.9 Å². The first-order valence-corrected chi connectivity index (χ1v) is 13.5. The van der Waals surface area contributed by atoms with Gasteiger partial charge >= 0.3 is 0 Å². The highest BCUT2D eigenvalue weighted by atomic mass is 28.4. The third-order valence-corrected chi connectivity index (χ3v) is 10.5. The zero-order valence-corrected chi connectivity index (χ0v) is 19.8. The second kappa shape index (κ2) is 7.82. The SMILES string of the molecule is CC(C)(C)[Si](C)(C)Oc1ccc(-c2cnc(N)c(-c3cccc4ccccc34)n2)cc1. The molecule has 0 atom stereocenters. The van der Waals surface area contributed by atoms with Crippen LogP contribution in [-0.2, 0) is 0 Å². The Labute approximate surface area is 185 Å². The van der Waals surface area contributed by atoms with Gasteiger partial charge in [0.25, 0.3) is 0 Å². The summed E-state index contributed by atoms with van der Waals surface area (Å²) in [4.78, 5) is 9.33. The van der Waals surface area contributed by atoms with E-state index in [0.29, 0.717) is 11.5 Å². The predicted octanol–water partition coefficient (Wildman–Crippen LogP) is 6.93. The van der Waals surface area contributed by atoms with Crippen molar-refractivity contribution in [3.63, 3.8) is 0 Å². The second-order valence-corrected chi connectivity index (χ2v) is 14.1. The van der Waals surface area contributed by atoms with Gasteiger partial charge in [0.05, 0.1) is 11.9 Å². The largest absolute Gasteiger partial charge is 0.544 e. The maximum Gasteiger partial charge on any atom is 0.250 e. The van der Waals surface area contributed by atoms with Crippen molar-refractivity contribution in [3.8, 4) is 28.3 Å². The van der Waals surface area contributed by atoms with Crippen molar-refractivity contribution in [2.75, 3.05) is 5.73 Å². The van der Waals surface area contributed by atoms with E-state index in [4.69, 9.17) is 15.1 Å². The molecule has 4 aromatic rings. The van der Waals surface area contributed by atoms with Crippen molar-refractivity contribution in [1.82, 2.24) is 9.97 Å². The Morgan fingerprint density at radius 1 is 0.871 bits per heavy atom. The van der Waals surface area contributed by atoms with Gasteiger partial charge in [-0.25, -0.2) is 9.97 Å². The Morgan fingerprint density at radius 2 is 1.55 bits per heavy atom. The first-order valence-electron chi connectivity index (χ1n) is 10.6. The molecule has 158 valence electrons. The van der Waals surface area contributed by atoms with Gasteiger partial charge < -0.3 is 10.2 Å². The summed E-state index contributed by atoms with van der Waals surface area (Å²) in [6.45, 7) is 11.2. The minimum Gasteiger partial charge on any atom is -0.544 e. The normalized spacial score (nSPS) is 12.2.